The van der Waals surface area contributed by atoms with Crippen molar-refractivity contribution in [1.29, 1.82) is 0 Å². The number of hydrogen-bond acceptors (Lipinski definition) is 1. The van der Waals surface area contributed by atoms with E-state index in [1.165, 1.54) is 32.1 Å². The summed E-state index contributed by atoms with van der Waals surface area (Å²) >= 11 is 0. The van der Waals surface area contributed by atoms with Crippen LogP contribution >= 0.6 is 0 Å². The fourth-order valence-corrected chi connectivity index (χ4v) is 1.02. The Morgan fingerprint density at radius 2 is 1.73 bits per heavy atom. The molecule has 0 aliphatic heterocycles. The van der Waals surface area contributed by atoms with Crippen molar-refractivity contribution < 1.29 is 0 Å². The molecule has 0 aromatic rings. The molecule has 0 saturated carbocycles. The van der Waals surface area contributed by atoms with Crippen LogP contribution in [0.25, 0.3) is 0 Å². The first-order valence-electron chi connectivity index (χ1n) is 4.77. The second-order valence-corrected chi connectivity index (χ2v) is 2.90. The SMILES string of the molecule is CCCCCC/C=C/CCN. The maximum Gasteiger partial charge on any atom is -0.00426 e. The van der Waals surface area contributed by atoms with Gasteiger partial charge in [0.2, 0.25) is 0 Å². The molecule has 0 unspecified atom stereocenters. The van der Waals surface area contributed by atoms with E-state index in [9.17, 15) is 0 Å². The van der Waals surface area contributed by atoms with E-state index in [1.807, 2.05) is 0 Å². The number of unbranched alkanes of at least 4 members (excludes halogenated alkanes) is 4. The van der Waals surface area contributed by atoms with E-state index < -0.39 is 0 Å². The third-order valence-electron chi connectivity index (χ3n) is 1.72. The van der Waals surface area contributed by atoms with Gasteiger partial charge in [0.15, 0.2) is 0 Å². The van der Waals surface area contributed by atoms with Crippen LogP contribution in [0.3, 0.4) is 0 Å². The third-order valence-corrected chi connectivity index (χ3v) is 1.72. The summed E-state index contributed by atoms with van der Waals surface area (Å²) in [4.78, 5) is 0. The summed E-state index contributed by atoms with van der Waals surface area (Å²) in [5.74, 6) is 0. The molecule has 0 amide bonds. The molecule has 0 rings (SSSR count). The van der Waals surface area contributed by atoms with Crippen molar-refractivity contribution in [3.8, 4) is 0 Å². The van der Waals surface area contributed by atoms with Crippen molar-refractivity contribution in [2.24, 2.45) is 5.73 Å². The van der Waals surface area contributed by atoms with Crippen LogP contribution in [0.15, 0.2) is 12.2 Å². The summed E-state index contributed by atoms with van der Waals surface area (Å²) in [6.07, 6.45) is 12.1. The van der Waals surface area contributed by atoms with Crippen LogP contribution in [-0.2, 0) is 0 Å². The van der Waals surface area contributed by atoms with Gasteiger partial charge in [-0.3, -0.25) is 0 Å². The minimum atomic E-state index is 0.783. The Bertz CT molecular complexity index is 86.9. The lowest BCUT2D eigenvalue weighted by Gasteiger charge is -1.93. The van der Waals surface area contributed by atoms with Crippen molar-refractivity contribution in [3.63, 3.8) is 0 Å². The highest BCUT2D eigenvalue weighted by Gasteiger charge is 1.83. The average Bonchev–Trinajstić information content (AvgIpc) is 2.03. The van der Waals surface area contributed by atoms with E-state index in [-0.39, 0.29) is 0 Å². The lowest BCUT2D eigenvalue weighted by Crippen LogP contribution is -1.94. The smallest absolute Gasteiger partial charge is 0.00426 e. The van der Waals surface area contributed by atoms with E-state index in [1.54, 1.807) is 0 Å². The van der Waals surface area contributed by atoms with Crippen molar-refractivity contribution in [2.45, 2.75) is 45.4 Å². The van der Waals surface area contributed by atoms with Crippen LogP contribution in [0, 0.1) is 0 Å². The van der Waals surface area contributed by atoms with Crippen molar-refractivity contribution >= 4 is 0 Å². The van der Waals surface area contributed by atoms with Crippen LogP contribution in [0.5, 0.6) is 0 Å². The maximum absolute atomic E-state index is 5.34. The summed E-state index contributed by atoms with van der Waals surface area (Å²) in [5.41, 5.74) is 5.34. The van der Waals surface area contributed by atoms with Gasteiger partial charge in [-0.1, -0.05) is 38.3 Å². The Kier molecular flexibility index (Phi) is 9.44. The molecule has 0 aliphatic rings. The Hall–Kier alpha value is -0.300. The van der Waals surface area contributed by atoms with Crippen molar-refractivity contribution in [3.05, 3.63) is 12.2 Å². The Balaban J connectivity index is 2.89. The summed E-state index contributed by atoms with van der Waals surface area (Å²) in [5, 5.41) is 0. The number of allylic oxidation sites excluding steroid dienone is 1. The molecule has 0 fully saturated rings. The van der Waals surface area contributed by atoms with Crippen molar-refractivity contribution in [1.82, 2.24) is 0 Å². The van der Waals surface area contributed by atoms with Gasteiger partial charge in [0.05, 0.1) is 0 Å². The zero-order valence-electron chi connectivity index (χ0n) is 7.68. The fourth-order valence-electron chi connectivity index (χ4n) is 1.02. The molecule has 0 aliphatic carbocycles. The van der Waals surface area contributed by atoms with Crippen LogP contribution in [-0.4, -0.2) is 6.54 Å². The Labute approximate surface area is 70.7 Å². The van der Waals surface area contributed by atoms with Crippen LogP contribution < -0.4 is 5.73 Å². The molecule has 1 heteroatoms. The lowest BCUT2D eigenvalue weighted by molar-refractivity contribution is 0.674. The summed E-state index contributed by atoms with van der Waals surface area (Å²) in [6.45, 7) is 3.02. The normalized spacial score (nSPS) is 11.1. The highest BCUT2D eigenvalue weighted by Crippen LogP contribution is 2.02. The Morgan fingerprint density at radius 3 is 2.36 bits per heavy atom. The van der Waals surface area contributed by atoms with Gasteiger partial charge in [-0.25, -0.2) is 0 Å². The van der Waals surface area contributed by atoms with Crippen LogP contribution in [0.4, 0.5) is 0 Å². The van der Waals surface area contributed by atoms with Crippen LogP contribution in [0.1, 0.15) is 45.4 Å². The minimum absolute atomic E-state index is 0.783. The van der Waals surface area contributed by atoms with Gasteiger partial charge < -0.3 is 5.73 Å². The highest BCUT2D eigenvalue weighted by molar-refractivity contribution is 4.81. The first-order chi connectivity index (χ1) is 5.41. The van der Waals surface area contributed by atoms with Gasteiger partial charge in [0, 0.05) is 0 Å². The Morgan fingerprint density at radius 1 is 1.00 bits per heavy atom. The summed E-state index contributed by atoms with van der Waals surface area (Å²) in [7, 11) is 0. The van der Waals surface area contributed by atoms with E-state index in [0.29, 0.717) is 0 Å². The molecular weight excluding hydrogens is 134 g/mol. The molecule has 0 aromatic carbocycles. The fraction of sp³-hybridized carbons (Fsp3) is 0.800. The first kappa shape index (κ1) is 10.7. The average molecular weight is 155 g/mol. The van der Waals surface area contributed by atoms with Gasteiger partial charge in [-0.2, -0.15) is 0 Å². The quantitative estimate of drug-likeness (QED) is 0.444. The predicted octanol–water partition coefficient (Wildman–Crippen LogP) is 2.86. The molecule has 11 heavy (non-hydrogen) atoms. The predicted molar refractivity (Wildman–Crippen MR) is 51.6 cm³/mol. The number of rotatable bonds is 7. The zero-order valence-corrected chi connectivity index (χ0v) is 7.68. The van der Waals surface area contributed by atoms with Gasteiger partial charge in [-0.15, -0.1) is 0 Å². The maximum atomic E-state index is 5.34. The van der Waals surface area contributed by atoms with E-state index >= 15 is 0 Å². The molecule has 0 atom stereocenters. The largest absolute Gasteiger partial charge is 0.330 e. The minimum Gasteiger partial charge on any atom is -0.330 e. The summed E-state index contributed by atoms with van der Waals surface area (Å²) < 4.78 is 0. The molecule has 0 saturated heterocycles. The molecule has 0 radical (unpaired) electrons. The van der Waals surface area contributed by atoms with Gasteiger partial charge in [-0.05, 0) is 25.8 Å². The van der Waals surface area contributed by atoms with Crippen molar-refractivity contribution in [2.75, 3.05) is 6.54 Å². The van der Waals surface area contributed by atoms with Crippen LogP contribution in [0.2, 0.25) is 0 Å². The van der Waals surface area contributed by atoms with Gasteiger partial charge in [0.25, 0.3) is 0 Å². The lowest BCUT2D eigenvalue weighted by atomic mass is 10.1. The molecular formula is C10H21N. The second kappa shape index (κ2) is 9.70. The first-order valence-corrected chi connectivity index (χ1v) is 4.77. The molecule has 0 bridgehead atoms. The third kappa shape index (κ3) is 9.70. The molecule has 0 aromatic heterocycles. The molecule has 0 heterocycles. The van der Waals surface area contributed by atoms with Gasteiger partial charge in [0.1, 0.15) is 0 Å². The zero-order chi connectivity index (χ0) is 8.36. The van der Waals surface area contributed by atoms with Gasteiger partial charge >= 0.3 is 0 Å². The highest BCUT2D eigenvalue weighted by atomic mass is 14.5. The van der Waals surface area contributed by atoms with E-state index in [4.69, 9.17) is 5.73 Å². The summed E-state index contributed by atoms with van der Waals surface area (Å²) in [6, 6.07) is 0. The number of nitrogens with two attached hydrogens (primary N) is 1. The monoisotopic (exact) mass is 155 g/mol. The van der Waals surface area contributed by atoms with E-state index in [0.717, 1.165) is 13.0 Å². The van der Waals surface area contributed by atoms with E-state index in [2.05, 4.69) is 19.1 Å². The number of hydrogen-bond donors (Lipinski definition) is 1. The standard InChI is InChI=1S/C10H21N/c1-2-3-4-5-6-7-8-9-10-11/h7-8H,2-6,9-11H2,1H3/b8-7+. The molecule has 0 spiro atoms. The molecule has 1 nitrogen and oxygen atoms in total. The molecule has 66 valence electrons. The topological polar surface area (TPSA) is 26.0 Å². The molecule has 2 N–H and O–H groups in total. The second-order valence-electron chi connectivity index (χ2n) is 2.90.